The van der Waals surface area contributed by atoms with E-state index < -0.39 is 0 Å². The van der Waals surface area contributed by atoms with Crippen molar-refractivity contribution in [2.24, 2.45) is 0 Å². The van der Waals surface area contributed by atoms with Gasteiger partial charge in [0, 0.05) is 18.3 Å². The van der Waals surface area contributed by atoms with Crippen LogP contribution in [0.15, 0.2) is 36.5 Å². The van der Waals surface area contributed by atoms with Crippen molar-refractivity contribution in [3.8, 4) is 0 Å². The van der Waals surface area contributed by atoms with Crippen LogP contribution in [0.1, 0.15) is 12.6 Å². The van der Waals surface area contributed by atoms with Crippen molar-refractivity contribution in [1.29, 1.82) is 0 Å². The van der Waals surface area contributed by atoms with Gasteiger partial charge < -0.3 is 16.4 Å². The quantitative estimate of drug-likeness (QED) is 0.446. The highest BCUT2D eigenvalue weighted by molar-refractivity contribution is 5.93. The highest BCUT2D eigenvalue weighted by atomic mass is 19.1. The van der Waals surface area contributed by atoms with Crippen LogP contribution in [0.3, 0.4) is 0 Å². The SMILES string of the molecule is CCn1nc(C)cc1NC(=O)Cn1ncc2c(Nc3ccc(F)cc3)nc(N)nc21. The number of aromatic nitrogens is 6. The Kier molecular flexibility index (Phi) is 5.00. The molecule has 154 valence electrons. The molecule has 4 N–H and O–H groups in total. The monoisotopic (exact) mass is 409 g/mol. The van der Waals surface area contributed by atoms with Gasteiger partial charge in [0.2, 0.25) is 11.9 Å². The molecule has 0 aliphatic rings. The van der Waals surface area contributed by atoms with Crippen LogP contribution in [0.2, 0.25) is 0 Å². The third-order valence-electron chi connectivity index (χ3n) is 4.38. The maximum atomic E-state index is 13.1. The average molecular weight is 409 g/mol. The first kappa shape index (κ1) is 19.3. The van der Waals surface area contributed by atoms with Crippen LogP contribution in [0.25, 0.3) is 11.0 Å². The summed E-state index contributed by atoms with van der Waals surface area (Å²) in [4.78, 5) is 21.0. The molecule has 0 radical (unpaired) electrons. The van der Waals surface area contributed by atoms with Crippen LogP contribution in [-0.4, -0.2) is 35.4 Å². The van der Waals surface area contributed by atoms with Crippen LogP contribution < -0.4 is 16.4 Å². The van der Waals surface area contributed by atoms with Gasteiger partial charge in [-0.2, -0.15) is 20.2 Å². The van der Waals surface area contributed by atoms with Crippen LogP contribution in [-0.2, 0) is 17.9 Å². The second-order valence-electron chi connectivity index (χ2n) is 6.64. The van der Waals surface area contributed by atoms with Crippen molar-refractivity contribution < 1.29 is 9.18 Å². The van der Waals surface area contributed by atoms with E-state index in [2.05, 4.69) is 30.8 Å². The van der Waals surface area contributed by atoms with Gasteiger partial charge in [0.05, 0.1) is 17.3 Å². The van der Waals surface area contributed by atoms with E-state index in [1.807, 2.05) is 13.8 Å². The maximum absolute atomic E-state index is 13.1. The molecular formula is C19H20FN9O. The number of nitrogen functional groups attached to an aromatic ring is 1. The number of hydrogen-bond acceptors (Lipinski definition) is 7. The second kappa shape index (κ2) is 7.78. The van der Waals surface area contributed by atoms with Crippen LogP contribution in [0, 0.1) is 12.7 Å². The Morgan fingerprint density at radius 2 is 1.97 bits per heavy atom. The number of nitrogens with two attached hydrogens (primary N) is 1. The number of rotatable bonds is 6. The van der Waals surface area contributed by atoms with Gasteiger partial charge in [0.1, 0.15) is 24.0 Å². The molecule has 4 rings (SSSR count). The van der Waals surface area contributed by atoms with E-state index in [4.69, 9.17) is 5.73 Å². The van der Waals surface area contributed by atoms with Crippen molar-refractivity contribution in [2.75, 3.05) is 16.4 Å². The number of aryl methyl sites for hydroxylation is 2. The number of fused-ring (bicyclic) bond motifs is 1. The molecule has 0 bridgehead atoms. The number of benzene rings is 1. The molecule has 1 aromatic carbocycles. The lowest BCUT2D eigenvalue weighted by Gasteiger charge is -2.09. The zero-order valence-electron chi connectivity index (χ0n) is 16.4. The minimum Gasteiger partial charge on any atom is -0.368 e. The zero-order chi connectivity index (χ0) is 21.3. The summed E-state index contributed by atoms with van der Waals surface area (Å²) in [5.74, 6) is 0.430. The number of amides is 1. The minimum absolute atomic E-state index is 0.0222. The lowest BCUT2D eigenvalue weighted by atomic mass is 10.3. The molecule has 10 nitrogen and oxygen atoms in total. The van der Waals surface area contributed by atoms with Gasteiger partial charge >= 0.3 is 0 Å². The molecule has 11 heteroatoms. The number of anilines is 4. The fourth-order valence-corrected chi connectivity index (χ4v) is 3.06. The Morgan fingerprint density at radius 3 is 2.70 bits per heavy atom. The molecule has 0 spiro atoms. The predicted molar refractivity (Wildman–Crippen MR) is 111 cm³/mol. The van der Waals surface area contributed by atoms with Gasteiger partial charge in [0.15, 0.2) is 5.65 Å². The Balaban J connectivity index is 1.58. The molecule has 0 aliphatic heterocycles. The van der Waals surface area contributed by atoms with E-state index in [-0.39, 0.29) is 24.2 Å². The van der Waals surface area contributed by atoms with Crippen LogP contribution in [0.5, 0.6) is 0 Å². The molecule has 0 aliphatic carbocycles. The van der Waals surface area contributed by atoms with Crippen LogP contribution >= 0.6 is 0 Å². The van der Waals surface area contributed by atoms with Gasteiger partial charge in [-0.1, -0.05) is 0 Å². The van der Waals surface area contributed by atoms with Crippen molar-refractivity contribution in [2.45, 2.75) is 26.9 Å². The normalized spacial score (nSPS) is 11.0. The number of hydrogen-bond donors (Lipinski definition) is 3. The fraction of sp³-hybridized carbons (Fsp3) is 0.211. The highest BCUT2D eigenvalue weighted by Crippen LogP contribution is 2.24. The van der Waals surface area contributed by atoms with Gasteiger partial charge in [-0.05, 0) is 38.1 Å². The summed E-state index contributed by atoms with van der Waals surface area (Å²) in [6.07, 6.45) is 1.55. The lowest BCUT2D eigenvalue weighted by Crippen LogP contribution is -2.21. The van der Waals surface area contributed by atoms with Gasteiger partial charge in [-0.25, -0.2) is 13.8 Å². The molecule has 0 unspecified atom stereocenters. The van der Waals surface area contributed by atoms with E-state index >= 15 is 0 Å². The number of carbonyl (C=O) groups excluding carboxylic acids is 1. The average Bonchev–Trinajstić information content (AvgIpc) is 3.26. The van der Waals surface area contributed by atoms with Crippen LogP contribution in [0.4, 0.5) is 27.7 Å². The molecule has 0 saturated heterocycles. The number of carbonyl (C=O) groups is 1. The first-order chi connectivity index (χ1) is 14.4. The van der Waals surface area contributed by atoms with Gasteiger partial charge in [-0.3, -0.25) is 4.79 Å². The summed E-state index contributed by atoms with van der Waals surface area (Å²) in [7, 11) is 0. The topological polar surface area (TPSA) is 129 Å². The summed E-state index contributed by atoms with van der Waals surface area (Å²) in [5, 5.41) is 15.1. The highest BCUT2D eigenvalue weighted by Gasteiger charge is 2.16. The summed E-state index contributed by atoms with van der Waals surface area (Å²) < 4.78 is 16.3. The molecule has 4 aromatic rings. The van der Waals surface area contributed by atoms with Crippen molar-refractivity contribution in [3.63, 3.8) is 0 Å². The van der Waals surface area contributed by atoms with E-state index in [0.717, 1.165) is 5.69 Å². The molecule has 3 heterocycles. The predicted octanol–water partition coefficient (Wildman–Crippen LogP) is 2.45. The first-order valence-corrected chi connectivity index (χ1v) is 9.29. The largest absolute Gasteiger partial charge is 0.368 e. The molecule has 30 heavy (non-hydrogen) atoms. The van der Waals surface area contributed by atoms with E-state index in [9.17, 15) is 9.18 Å². The van der Waals surface area contributed by atoms with Gasteiger partial charge in [-0.15, -0.1) is 0 Å². The number of nitrogens with zero attached hydrogens (tertiary/aromatic N) is 6. The lowest BCUT2D eigenvalue weighted by molar-refractivity contribution is -0.116. The summed E-state index contributed by atoms with van der Waals surface area (Å²) in [6.45, 7) is 4.37. The minimum atomic E-state index is -0.341. The molecular weight excluding hydrogens is 389 g/mol. The van der Waals surface area contributed by atoms with E-state index in [1.54, 1.807) is 29.1 Å². The van der Waals surface area contributed by atoms with Gasteiger partial charge in [0.25, 0.3) is 0 Å². The maximum Gasteiger partial charge on any atom is 0.247 e. The van der Waals surface area contributed by atoms with E-state index in [0.29, 0.717) is 34.9 Å². The standard InChI is InChI=1S/C19H20FN9O/c1-3-28-15(8-11(2)27-28)24-16(30)10-29-18-14(9-22-29)17(25-19(21)26-18)23-13-6-4-12(20)5-7-13/h4-9H,3,10H2,1-2H3,(H,24,30)(H3,21,23,25,26). The third-order valence-corrected chi connectivity index (χ3v) is 4.38. The Bertz CT molecular complexity index is 1210. The van der Waals surface area contributed by atoms with E-state index in [1.165, 1.54) is 16.8 Å². The van der Waals surface area contributed by atoms with Crippen molar-refractivity contribution in [3.05, 3.63) is 48.0 Å². The molecule has 1 amide bonds. The third kappa shape index (κ3) is 3.90. The Hall–Kier alpha value is -4.02. The molecule has 0 fully saturated rings. The zero-order valence-corrected chi connectivity index (χ0v) is 16.4. The molecule has 3 aromatic heterocycles. The number of nitrogens with one attached hydrogen (secondary N) is 2. The Morgan fingerprint density at radius 1 is 1.20 bits per heavy atom. The number of halogens is 1. The van der Waals surface area contributed by atoms with Crippen molar-refractivity contribution in [1.82, 2.24) is 29.5 Å². The molecule has 0 atom stereocenters. The summed E-state index contributed by atoms with van der Waals surface area (Å²) in [5.41, 5.74) is 7.70. The summed E-state index contributed by atoms with van der Waals surface area (Å²) >= 11 is 0. The fourth-order valence-electron chi connectivity index (χ4n) is 3.06. The first-order valence-electron chi connectivity index (χ1n) is 9.29. The second-order valence-corrected chi connectivity index (χ2v) is 6.64. The Labute approximate surface area is 170 Å². The summed E-state index contributed by atoms with van der Waals surface area (Å²) in [6, 6.07) is 7.63. The molecule has 0 saturated carbocycles. The smallest absolute Gasteiger partial charge is 0.247 e. The van der Waals surface area contributed by atoms with Crippen molar-refractivity contribution >= 4 is 40.2 Å².